The number of fused-ring (bicyclic) bond motifs is 1. The normalized spacial score (nSPS) is 17.4. The van der Waals surface area contributed by atoms with Gasteiger partial charge in [-0.05, 0) is 30.5 Å². The molecule has 1 aliphatic heterocycles. The lowest BCUT2D eigenvalue weighted by Crippen LogP contribution is -2.38. The van der Waals surface area contributed by atoms with E-state index >= 15 is 0 Å². The zero-order valence-electron chi connectivity index (χ0n) is 14.0. The molecule has 1 aliphatic carbocycles. The van der Waals surface area contributed by atoms with Crippen molar-refractivity contribution in [3.63, 3.8) is 0 Å². The molecule has 0 unspecified atom stereocenters. The van der Waals surface area contributed by atoms with Crippen molar-refractivity contribution in [3.8, 4) is 23.8 Å². The standard InChI is InChI=1S/C19H21NO5/c1-2-9-20-17(21)13-25-18(22)19(7-3-4-8-19)14-5-6-15-16(12-14)24-11-10-23-15/h1,5-6,12H,3-4,7-11,13H2,(H,20,21). The van der Waals surface area contributed by atoms with Crippen molar-refractivity contribution >= 4 is 11.9 Å². The second-order valence-electron chi connectivity index (χ2n) is 6.20. The molecule has 0 atom stereocenters. The van der Waals surface area contributed by atoms with E-state index in [1.54, 1.807) is 0 Å². The molecule has 2 aliphatic rings. The molecule has 3 rings (SSSR count). The Bertz CT molecular complexity index is 700. The number of carbonyl (C=O) groups excluding carboxylic acids is 2. The maximum Gasteiger partial charge on any atom is 0.317 e. The SMILES string of the molecule is C#CCNC(=O)COC(=O)C1(c2ccc3c(c2)OCCO3)CCCC1. The first-order valence-corrected chi connectivity index (χ1v) is 8.43. The van der Waals surface area contributed by atoms with Gasteiger partial charge in [0.05, 0.1) is 12.0 Å². The Morgan fingerprint density at radius 1 is 1.20 bits per heavy atom. The number of benzene rings is 1. The number of hydrogen-bond acceptors (Lipinski definition) is 5. The summed E-state index contributed by atoms with van der Waals surface area (Å²) >= 11 is 0. The summed E-state index contributed by atoms with van der Waals surface area (Å²) in [5, 5.41) is 2.48. The van der Waals surface area contributed by atoms with Crippen LogP contribution in [0.15, 0.2) is 18.2 Å². The van der Waals surface area contributed by atoms with Gasteiger partial charge in [0.15, 0.2) is 18.1 Å². The molecule has 0 bridgehead atoms. The summed E-state index contributed by atoms with van der Waals surface area (Å²) in [7, 11) is 0. The van der Waals surface area contributed by atoms with Crippen molar-refractivity contribution < 1.29 is 23.8 Å². The molecule has 6 heteroatoms. The molecule has 1 aromatic carbocycles. The second-order valence-corrected chi connectivity index (χ2v) is 6.20. The van der Waals surface area contributed by atoms with Crippen molar-refractivity contribution in [2.24, 2.45) is 0 Å². The van der Waals surface area contributed by atoms with E-state index in [2.05, 4.69) is 11.2 Å². The summed E-state index contributed by atoms with van der Waals surface area (Å²) in [4.78, 5) is 24.4. The largest absolute Gasteiger partial charge is 0.486 e. The predicted octanol–water partition coefficient (Wildman–Crippen LogP) is 1.56. The fourth-order valence-corrected chi connectivity index (χ4v) is 3.40. The van der Waals surface area contributed by atoms with Crippen LogP contribution in [0, 0.1) is 12.3 Å². The first-order valence-electron chi connectivity index (χ1n) is 8.43. The number of amides is 1. The first kappa shape index (κ1) is 17.2. The van der Waals surface area contributed by atoms with Crippen LogP contribution >= 0.6 is 0 Å². The fourth-order valence-electron chi connectivity index (χ4n) is 3.40. The van der Waals surface area contributed by atoms with Crippen LogP contribution < -0.4 is 14.8 Å². The monoisotopic (exact) mass is 343 g/mol. The molecular formula is C19H21NO5. The van der Waals surface area contributed by atoms with Gasteiger partial charge in [-0.2, -0.15) is 0 Å². The van der Waals surface area contributed by atoms with E-state index in [4.69, 9.17) is 20.6 Å². The number of hydrogen-bond donors (Lipinski definition) is 1. The van der Waals surface area contributed by atoms with Crippen LogP contribution in [0.5, 0.6) is 11.5 Å². The number of esters is 1. The Kier molecular flexibility index (Phi) is 5.13. The van der Waals surface area contributed by atoms with Crippen LogP contribution in [0.25, 0.3) is 0 Å². The van der Waals surface area contributed by atoms with Crippen LogP contribution in [-0.4, -0.2) is 38.2 Å². The molecule has 1 N–H and O–H groups in total. The molecule has 1 heterocycles. The molecule has 0 saturated heterocycles. The highest BCUT2D eigenvalue weighted by molar-refractivity contribution is 5.87. The lowest BCUT2D eigenvalue weighted by Gasteiger charge is -2.28. The van der Waals surface area contributed by atoms with Gasteiger partial charge >= 0.3 is 5.97 Å². The van der Waals surface area contributed by atoms with E-state index in [1.165, 1.54) is 0 Å². The molecule has 132 valence electrons. The van der Waals surface area contributed by atoms with E-state index in [9.17, 15) is 9.59 Å². The van der Waals surface area contributed by atoms with Gasteiger partial charge in [-0.1, -0.05) is 24.8 Å². The third kappa shape index (κ3) is 3.55. The molecule has 6 nitrogen and oxygen atoms in total. The molecular weight excluding hydrogens is 322 g/mol. The third-order valence-electron chi connectivity index (χ3n) is 4.66. The third-order valence-corrected chi connectivity index (χ3v) is 4.66. The van der Waals surface area contributed by atoms with Crippen LogP contribution in [0.3, 0.4) is 0 Å². The number of nitrogens with one attached hydrogen (secondary N) is 1. The molecule has 0 radical (unpaired) electrons. The second kappa shape index (κ2) is 7.47. The Morgan fingerprint density at radius 2 is 1.92 bits per heavy atom. The molecule has 1 aromatic rings. The van der Waals surface area contributed by atoms with Gasteiger partial charge in [0.25, 0.3) is 5.91 Å². The van der Waals surface area contributed by atoms with Crippen molar-refractivity contribution in [2.75, 3.05) is 26.4 Å². The Balaban J connectivity index is 1.76. The highest BCUT2D eigenvalue weighted by Crippen LogP contribution is 2.45. The quantitative estimate of drug-likeness (QED) is 0.649. The Hall–Kier alpha value is -2.68. The molecule has 25 heavy (non-hydrogen) atoms. The zero-order valence-corrected chi connectivity index (χ0v) is 14.0. The number of terminal acetylenes is 1. The van der Waals surface area contributed by atoms with Crippen molar-refractivity contribution in [1.29, 1.82) is 0 Å². The minimum Gasteiger partial charge on any atom is -0.486 e. The van der Waals surface area contributed by atoms with Crippen molar-refractivity contribution in [2.45, 2.75) is 31.1 Å². The summed E-state index contributed by atoms with van der Waals surface area (Å²) in [6.07, 6.45) is 8.35. The van der Waals surface area contributed by atoms with Gasteiger partial charge in [0.1, 0.15) is 13.2 Å². The van der Waals surface area contributed by atoms with Gasteiger partial charge in [-0.25, -0.2) is 0 Å². The molecule has 1 amide bonds. The van der Waals surface area contributed by atoms with Gasteiger partial charge in [-0.3, -0.25) is 9.59 Å². The van der Waals surface area contributed by atoms with Crippen LogP contribution in [0.4, 0.5) is 0 Å². The molecule has 1 fully saturated rings. The molecule has 0 spiro atoms. The molecule has 1 saturated carbocycles. The number of rotatable bonds is 5. The van der Waals surface area contributed by atoms with E-state index in [1.807, 2.05) is 18.2 Å². The van der Waals surface area contributed by atoms with Gasteiger partial charge in [-0.15, -0.1) is 6.42 Å². The first-order chi connectivity index (χ1) is 12.2. The summed E-state index contributed by atoms with van der Waals surface area (Å²) in [5.41, 5.74) is 0.116. The minimum absolute atomic E-state index is 0.115. The van der Waals surface area contributed by atoms with Crippen molar-refractivity contribution in [1.82, 2.24) is 5.32 Å². The highest BCUT2D eigenvalue weighted by atomic mass is 16.6. The average Bonchev–Trinajstić information content (AvgIpc) is 3.15. The van der Waals surface area contributed by atoms with E-state index in [0.717, 1.165) is 18.4 Å². The van der Waals surface area contributed by atoms with Gasteiger partial charge < -0.3 is 19.5 Å². The van der Waals surface area contributed by atoms with Crippen LogP contribution in [-0.2, 0) is 19.7 Å². The van der Waals surface area contributed by atoms with E-state index in [0.29, 0.717) is 37.6 Å². The number of ether oxygens (including phenoxy) is 3. The summed E-state index contributed by atoms with van der Waals surface area (Å²) < 4.78 is 16.5. The summed E-state index contributed by atoms with van der Waals surface area (Å²) in [6, 6.07) is 5.58. The molecule has 0 aromatic heterocycles. The Labute approximate surface area is 146 Å². The Morgan fingerprint density at radius 3 is 2.64 bits per heavy atom. The lowest BCUT2D eigenvalue weighted by atomic mass is 9.78. The van der Waals surface area contributed by atoms with Gasteiger partial charge in [0, 0.05) is 0 Å². The average molecular weight is 343 g/mol. The smallest absolute Gasteiger partial charge is 0.317 e. The summed E-state index contributed by atoms with van der Waals surface area (Å²) in [6.45, 7) is 0.798. The maximum absolute atomic E-state index is 12.8. The lowest BCUT2D eigenvalue weighted by molar-refractivity contribution is -0.154. The van der Waals surface area contributed by atoms with Crippen LogP contribution in [0.1, 0.15) is 31.2 Å². The van der Waals surface area contributed by atoms with Crippen LogP contribution in [0.2, 0.25) is 0 Å². The highest BCUT2D eigenvalue weighted by Gasteiger charge is 2.44. The number of carbonyl (C=O) groups is 2. The van der Waals surface area contributed by atoms with E-state index in [-0.39, 0.29) is 19.1 Å². The van der Waals surface area contributed by atoms with Gasteiger partial charge in [0.2, 0.25) is 0 Å². The van der Waals surface area contributed by atoms with Crippen molar-refractivity contribution in [3.05, 3.63) is 23.8 Å². The van der Waals surface area contributed by atoms with E-state index < -0.39 is 11.3 Å². The minimum atomic E-state index is -0.734. The zero-order chi connectivity index (χ0) is 17.7. The fraction of sp³-hybridized carbons (Fsp3) is 0.474. The topological polar surface area (TPSA) is 73.9 Å². The summed E-state index contributed by atoms with van der Waals surface area (Å²) in [5.74, 6) is 2.86. The maximum atomic E-state index is 12.8. The predicted molar refractivity (Wildman–Crippen MR) is 90.4 cm³/mol.